The van der Waals surface area contributed by atoms with E-state index < -0.39 is 33.8 Å². The standard InChI is InChI=1S/C18H23FN2O5S/c1-17(2)12-6-7-18(17,15(22)8-12)11-27(24,25)21-20-16(23)10-26-14-5-3-4-13(19)9-14/h3-5,9,12,21H,6-8,10-11H2,1-2H3,(H,20,23)/t12-,18-/m0/s1. The second-order valence-electron chi connectivity index (χ2n) is 7.82. The van der Waals surface area contributed by atoms with Gasteiger partial charge in [0.15, 0.2) is 6.61 Å². The van der Waals surface area contributed by atoms with Crippen molar-refractivity contribution >= 4 is 21.7 Å². The molecule has 2 N–H and O–H groups in total. The topological polar surface area (TPSA) is 102 Å². The highest BCUT2D eigenvalue weighted by Gasteiger charge is 2.65. The molecule has 1 aromatic rings. The zero-order chi connectivity index (χ0) is 19.9. The van der Waals surface area contributed by atoms with Gasteiger partial charge in [-0.15, -0.1) is 4.83 Å². The highest BCUT2D eigenvalue weighted by Crippen LogP contribution is 2.64. The van der Waals surface area contributed by atoms with Crippen molar-refractivity contribution in [2.24, 2.45) is 16.7 Å². The van der Waals surface area contributed by atoms with Crippen molar-refractivity contribution in [1.82, 2.24) is 10.3 Å². The molecule has 27 heavy (non-hydrogen) atoms. The molecule has 2 aliphatic rings. The molecule has 1 aromatic carbocycles. The smallest absolute Gasteiger partial charge is 0.272 e. The van der Waals surface area contributed by atoms with Crippen LogP contribution in [0.4, 0.5) is 4.39 Å². The number of Topliss-reactive ketones (excluding diaryl/α,β-unsaturated/α-hetero) is 1. The van der Waals surface area contributed by atoms with Crippen LogP contribution < -0.4 is 15.0 Å². The molecular weight excluding hydrogens is 375 g/mol. The molecule has 2 saturated carbocycles. The summed E-state index contributed by atoms with van der Waals surface area (Å²) in [7, 11) is -3.92. The third-order valence-electron chi connectivity index (χ3n) is 6.09. The molecule has 0 aromatic heterocycles. The number of hydrogen-bond donors (Lipinski definition) is 2. The van der Waals surface area contributed by atoms with E-state index in [0.29, 0.717) is 12.8 Å². The summed E-state index contributed by atoms with van der Waals surface area (Å²) >= 11 is 0. The lowest BCUT2D eigenvalue weighted by atomic mass is 9.70. The lowest BCUT2D eigenvalue weighted by Gasteiger charge is -2.36. The van der Waals surface area contributed by atoms with E-state index in [4.69, 9.17) is 4.74 Å². The molecule has 0 heterocycles. The summed E-state index contributed by atoms with van der Waals surface area (Å²) in [6, 6.07) is 5.25. The lowest BCUT2D eigenvalue weighted by molar-refractivity contribution is -0.128. The molecule has 2 aliphatic carbocycles. The summed E-state index contributed by atoms with van der Waals surface area (Å²) < 4.78 is 43.1. The van der Waals surface area contributed by atoms with Crippen LogP contribution in [0, 0.1) is 22.6 Å². The van der Waals surface area contributed by atoms with Crippen molar-refractivity contribution in [2.75, 3.05) is 12.4 Å². The van der Waals surface area contributed by atoms with Gasteiger partial charge in [0, 0.05) is 17.9 Å². The number of fused-ring (bicyclic) bond motifs is 2. The second kappa shape index (κ2) is 6.87. The van der Waals surface area contributed by atoms with Gasteiger partial charge in [-0.3, -0.25) is 15.0 Å². The molecule has 2 fully saturated rings. The number of ether oxygens (including phenoxy) is 1. The maximum absolute atomic E-state index is 13.1. The molecule has 148 valence electrons. The fraction of sp³-hybridized carbons (Fsp3) is 0.556. The molecule has 7 nitrogen and oxygen atoms in total. The first kappa shape index (κ1) is 19.8. The fourth-order valence-corrected chi connectivity index (χ4v) is 6.01. The zero-order valence-corrected chi connectivity index (χ0v) is 16.1. The van der Waals surface area contributed by atoms with Gasteiger partial charge in [-0.05, 0) is 36.3 Å². The number of amides is 1. The van der Waals surface area contributed by atoms with Crippen LogP contribution >= 0.6 is 0 Å². The van der Waals surface area contributed by atoms with Crippen LogP contribution in [0.15, 0.2) is 24.3 Å². The van der Waals surface area contributed by atoms with Crippen molar-refractivity contribution in [3.05, 3.63) is 30.1 Å². The number of carbonyl (C=O) groups excluding carboxylic acids is 2. The number of carbonyl (C=O) groups is 2. The first-order chi connectivity index (χ1) is 12.6. The third kappa shape index (κ3) is 3.70. The highest BCUT2D eigenvalue weighted by atomic mass is 32.2. The maximum Gasteiger partial charge on any atom is 0.272 e. The van der Waals surface area contributed by atoms with Crippen molar-refractivity contribution in [3.63, 3.8) is 0 Å². The van der Waals surface area contributed by atoms with Crippen LogP contribution in [0.5, 0.6) is 5.75 Å². The van der Waals surface area contributed by atoms with E-state index in [9.17, 15) is 22.4 Å². The molecule has 0 radical (unpaired) electrons. The van der Waals surface area contributed by atoms with Gasteiger partial charge in [-0.1, -0.05) is 19.9 Å². The molecule has 0 aliphatic heterocycles. The van der Waals surface area contributed by atoms with Gasteiger partial charge in [0.2, 0.25) is 10.0 Å². The van der Waals surface area contributed by atoms with Crippen molar-refractivity contribution in [2.45, 2.75) is 33.1 Å². The monoisotopic (exact) mass is 398 g/mol. The van der Waals surface area contributed by atoms with Crippen LogP contribution in [0.1, 0.15) is 33.1 Å². The molecule has 3 rings (SSSR count). The van der Waals surface area contributed by atoms with Crippen LogP contribution in [-0.4, -0.2) is 32.5 Å². The van der Waals surface area contributed by atoms with Gasteiger partial charge < -0.3 is 4.74 Å². The predicted molar refractivity (Wildman–Crippen MR) is 95.5 cm³/mol. The zero-order valence-electron chi connectivity index (χ0n) is 15.2. The number of ketones is 1. The largest absolute Gasteiger partial charge is 0.484 e. The minimum Gasteiger partial charge on any atom is -0.484 e. The number of halogens is 1. The number of sulfonamides is 1. The van der Waals surface area contributed by atoms with Gasteiger partial charge in [0.05, 0.1) is 5.75 Å². The normalized spacial score (nSPS) is 26.2. The average molecular weight is 398 g/mol. The first-order valence-corrected chi connectivity index (χ1v) is 10.4. The van der Waals surface area contributed by atoms with Crippen molar-refractivity contribution < 1.29 is 27.1 Å². The Labute approximate surface area is 157 Å². The minimum atomic E-state index is -3.92. The van der Waals surface area contributed by atoms with E-state index in [0.717, 1.165) is 12.5 Å². The summed E-state index contributed by atoms with van der Waals surface area (Å²) in [6.45, 7) is 3.40. The first-order valence-electron chi connectivity index (χ1n) is 8.76. The quantitative estimate of drug-likeness (QED) is 0.679. The van der Waals surface area contributed by atoms with Crippen molar-refractivity contribution in [3.8, 4) is 5.75 Å². The molecular formula is C18H23FN2O5S. The van der Waals surface area contributed by atoms with E-state index in [-0.39, 0.29) is 28.6 Å². The van der Waals surface area contributed by atoms with Crippen LogP contribution in [0.2, 0.25) is 0 Å². The summed E-state index contributed by atoms with van der Waals surface area (Å²) in [5.74, 6) is -1.26. The minimum absolute atomic E-state index is 0.0186. The Hall–Kier alpha value is -2.00. The van der Waals surface area contributed by atoms with E-state index in [1.807, 2.05) is 18.7 Å². The predicted octanol–water partition coefficient (Wildman–Crippen LogP) is 1.55. The number of benzene rings is 1. The molecule has 2 bridgehead atoms. The molecule has 9 heteroatoms. The number of nitrogens with one attached hydrogen (secondary N) is 2. The molecule has 0 unspecified atom stereocenters. The molecule has 2 atom stereocenters. The van der Waals surface area contributed by atoms with Gasteiger partial charge in [0.1, 0.15) is 17.3 Å². The molecule has 0 saturated heterocycles. The Morgan fingerprint density at radius 2 is 2.11 bits per heavy atom. The Bertz CT molecular complexity index is 870. The number of hydrazine groups is 1. The Morgan fingerprint density at radius 3 is 2.70 bits per heavy atom. The highest BCUT2D eigenvalue weighted by molar-refractivity contribution is 7.89. The fourth-order valence-electron chi connectivity index (χ4n) is 4.35. The number of hydrogen-bond acceptors (Lipinski definition) is 5. The average Bonchev–Trinajstić information content (AvgIpc) is 2.92. The Balaban J connectivity index is 1.56. The van der Waals surface area contributed by atoms with Crippen LogP contribution in [-0.2, 0) is 19.6 Å². The van der Waals surface area contributed by atoms with Crippen LogP contribution in [0.25, 0.3) is 0 Å². The molecule has 0 spiro atoms. The summed E-state index contributed by atoms with van der Waals surface area (Å²) in [6.07, 6.45) is 1.79. The van der Waals surface area contributed by atoms with Gasteiger partial charge in [-0.25, -0.2) is 12.8 Å². The summed E-state index contributed by atoms with van der Waals surface area (Å²) in [5, 5.41) is 0. The summed E-state index contributed by atoms with van der Waals surface area (Å²) in [4.78, 5) is 26.3. The number of rotatable bonds is 7. The van der Waals surface area contributed by atoms with E-state index >= 15 is 0 Å². The van der Waals surface area contributed by atoms with Gasteiger partial charge in [0.25, 0.3) is 5.91 Å². The van der Waals surface area contributed by atoms with E-state index in [2.05, 4.69) is 5.43 Å². The maximum atomic E-state index is 13.1. The Morgan fingerprint density at radius 1 is 1.37 bits per heavy atom. The van der Waals surface area contributed by atoms with Crippen LogP contribution in [0.3, 0.4) is 0 Å². The van der Waals surface area contributed by atoms with E-state index in [1.165, 1.54) is 18.2 Å². The Kier molecular flexibility index (Phi) is 5.02. The van der Waals surface area contributed by atoms with Crippen molar-refractivity contribution in [1.29, 1.82) is 0 Å². The summed E-state index contributed by atoms with van der Waals surface area (Å²) in [5.41, 5.74) is 0.776. The SMILES string of the molecule is CC1(C)[C@H]2CC[C@]1(CS(=O)(=O)NNC(=O)COc1cccc(F)c1)C(=O)C2. The van der Waals surface area contributed by atoms with Gasteiger partial charge in [-0.2, -0.15) is 0 Å². The third-order valence-corrected chi connectivity index (χ3v) is 7.37. The molecule has 1 amide bonds. The second-order valence-corrected chi connectivity index (χ2v) is 9.54. The lowest BCUT2D eigenvalue weighted by Crippen LogP contribution is -2.50. The van der Waals surface area contributed by atoms with E-state index in [1.54, 1.807) is 0 Å². The van der Waals surface area contributed by atoms with Gasteiger partial charge >= 0.3 is 0 Å².